The van der Waals surface area contributed by atoms with Gasteiger partial charge in [-0.25, -0.2) is 0 Å². The van der Waals surface area contributed by atoms with Gasteiger partial charge in [-0.05, 0) is 12.8 Å². The molecule has 0 aliphatic rings. The van der Waals surface area contributed by atoms with E-state index in [1.807, 2.05) is 0 Å². The zero-order valence-corrected chi connectivity index (χ0v) is 13.0. The van der Waals surface area contributed by atoms with Crippen molar-refractivity contribution in [3.63, 3.8) is 0 Å². The second-order valence-corrected chi connectivity index (χ2v) is 5.42. The van der Waals surface area contributed by atoms with Crippen LogP contribution < -0.4 is 5.32 Å². The number of carbonyl (C=O) groups excluding carboxylic acids is 1. The quantitative estimate of drug-likeness (QED) is 0.189. The number of rotatable bonds is 13. The van der Waals surface area contributed by atoms with Crippen LogP contribution in [-0.4, -0.2) is 80.1 Å². The van der Waals surface area contributed by atoms with E-state index in [9.17, 15) is 24.9 Å². The smallest absolute Gasteiger partial charge is 0.303 e. The van der Waals surface area contributed by atoms with Crippen LogP contribution in [0.25, 0.3) is 0 Å². The average Bonchev–Trinajstić information content (AvgIpc) is 2.51. The van der Waals surface area contributed by atoms with E-state index in [0.717, 1.165) is 6.42 Å². The van der Waals surface area contributed by atoms with Crippen LogP contribution in [0.5, 0.6) is 0 Å². The molecule has 0 fully saturated rings. The van der Waals surface area contributed by atoms with Gasteiger partial charge in [-0.1, -0.05) is 12.8 Å². The van der Waals surface area contributed by atoms with Gasteiger partial charge in [0.2, 0.25) is 0 Å². The van der Waals surface area contributed by atoms with Gasteiger partial charge >= 0.3 is 5.97 Å². The molecule has 0 bridgehead atoms. The molecule has 0 heterocycles. The minimum Gasteiger partial charge on any atom is -0.481 e. The van der Waals surface area contributed by atoms with E-state index >= 15 is 0 Å². The summed E-state index contributed by atoms with van der Waals surface area (Å²) in [6, 6.07) is 0. The Kier molecular flexibility index (Phi) is 11.5. The predicted octanol–water partition coefficient (Wildman–Crippen LogP) is -2.04. The molecule has 0 radical (unpaired) electrons. The van der Waals surface area contributed by atoms with Crippen LogP contribution in [0.3, 0.4) is 0 Å². The lowest BCUT2D eigenvalue weighted by molar-refractivity contribution is -0.142. The molecule has 0 spiro atoms. The second kappa shape index (κ2) is 12.2. The minimum absolute atomic E-state index is 0.106. The standard InChI is InChI=1S/C14H27NO8/c16-8-9(17)7-10(18)12(21)13(22)14(23)15-6-4-2-1-3-5-11(19)20/h9-10,12-13,16-18,21-22H,1-8H2,(H,15,23)(H,19,20)/t9-,10+,12+,13+/m0/s1. The number of hydrogen-bond acceptors (Lipinski definition) is 7. The summed E-state index contributed by atoms with van der Waals surface area (Å²) in [6.07, 6.45) is -4.09. The summed E-state index contributed by atoms with van der Waals surface area (Å²) < 4.78 is 0. The molecule has 1 amide bonds. The number of unbranched alkanes of at least 4 members (excludes halogenated alkanes) is 3. The Bertz CT molecular complexity index is 352. The van der Waals surface area contributed by atoms with Gasteiger partial charge in [0, 0.05) is 19.4 Å². The third-order valence-corrected chi connectivity index (χ3v) is 3.33. The zero-order valence-electron chi connectivity index (χ0n) is 13.0. The summed E-state index contributed by atoms with van der Waals surface area (Å²) in [4.78, 5) is 21.9. The average molecular weight is 337 g/mol. The van der Waals surface area contributed by atoms with Crippen molar-refractivity contribution in [3.05, 3.63) is 0 Å². The van der Waals surface area contributed by atoms with Gasteiger partial charge in [0.1, 0.15) is 6.10 Å². The Balaban J connectivity index is 3.90. The molecule has 7 N–H and O–H groups in total. The summed E-state index contributed by atoms with van der Waals surface area (Å²) >= 11 is 0. The minimum atomic E-state index is -1.84. The molecule has 0 saturated carbocycles. The van der Waals surface area contributed by atoms with E-state index in [1.165, 1.54) is 0 Å². The summed E-state index contributed by atoms with van der Waals surface area (Å²) in [7, 11) is 0. The van der Waals surface area contributed by atoms with Crippen LogP contribution in [0.4, 0.5) is 0 Å². The molecular weight excluding hydrogens is 310 g/mol. The van der Waals surface area contributed by atoms with Gasteiger partial charge in [0.25, 0.3) is 5.91 Å². The lowest BCUT2D eigenvalue weighted by Gasteiger charge is -2.23. The molecular formula is C14H27NO8. The van der Waals surface area contributed by atoms with Crippen molar-refractivity contribution in [1.82, 2.24) is 5.32 Å². The first kappa shape index (κ1) is 21.7. The molecule has 23 heavy (non-hydrogen) atoms. The molecule has 0 aromatic heterocycles. The summed E-state index contributed by atoms with van der Waals surface area (Å²) in [5.74, 6) is -1.69. The summed E-state index contributed by atoms with van der Waals surface area (Å²) in [5.41, 5.74) is 0. The van der Waals surface area contributed by atoms with Crippen LogP contribution in [0.1, 0.15) is 38.5 Å². The number of aliphatic hydroxyl groups is 5. The van der Waals surface area contributed by atoms with Gasteiger partial charge < -0.3 is 36.0 Å². The molecule has 9 nitrogen and oxygen atoms in total. The monoisotopic (exact) mass is 337 g/mol. The van der Waals surface area contributed by atoms with Crippen LogP contribution >= 0.6 is 0 Å². The molecule has 9 heteroatoms. The first-order valence-corrected chi connectivity index (χ1v) is 7.62. The molecule has 0 aromatic rings. The fraction of sp³-hybridized carbons (Fsp3) is 0.857. The van der Waals surface area contributed by atoms with E-state index in [0.29, 0.717) is 19.3 Å². The molecule has 4 atom stereocenters. The summed E-state index contributed by atoms with van der Waals surface area (Å²) in [6.45, 7) is -0.348. The maximum absolute atomic E-state index is 11.6. The van der Waals surface area contributed by atoms with Crippen LogP contribution in [0.15, 0.2) is 0 Å². The van der Waals surface area contributed by atoms with E-state index in [-0.39, 0.29) is 19.4 Å². The number of carboxylic acids is 1. The predicted molar refractivity (Wildman–Crippen MR) is 79.5 cm³/mol. The number of nitrogens with one attached hydrogen (secondary N) is 1. The Labute approximate surface area is 134 Å². The van der Waals surface area contributed by atoms with Gasteiger partial charge in [-0.2, -0.15) is 0 Å². The third kappa shape index (κ3) is 10.2. The Morgan fingerprint density at radius 2 is 1.57 bits per heavy atom. The number of carboxylic acid groups (broad SMARTS) is 1. The highest BCUT2D eigenvalue weighted by Gasteiger charge is 2.31. The zero-order chi connectivity index (χ0) is 17.8. The van der Waals surface area contributed by atoms with Crippen LogP contribution in [-0.2, 0) is 9.59 Å². The first-order valence-electron chi connectivity index (χ1n) is 7.62. The van der Waals surface area contributed by atoms with Gasteiger partial charge in [0.05, 0.1) is 18.8 Å². The van der Waals surface area contributed by atoms with Crippen molar-refractivity contribution >= 4 is 11.9 Å². The van der Waals surface area contributed by atoms with Crippen LogP contribution in [0.2, 0.25) is 0 Å². The second-order valence-electron chi connectivity index (χ2n) is 5.42. The maximum atomic E-state index is 11.6. The Hall–Kier alpha value is -1.26. The number of amides is 1. The number of carbonyl (C=O) groups is 2. The SMILES string of the molecule is O=C(O)CCCCCCNC(=O)[C@H](O)[C@H](O)[C@H](O)C[C@H](O)CO. The largest absolute Gasteiger partial charge is 0.481 e. The highest BCUT2D eigenvalue weighted by Crippen LogP contribution is 2.08. The van der Waals surface area contributed by atoms with Gasteiger partial charge in [-0.3, -0.25) is 9.59 Å². The van der Waals surface area contributed by atoms with Gasteiger partial charge in [0.15, 0.2) is 6.10 Å². The van der Waals surface area contributed by atoms with Gasteiger partial charge in [-0.15, -0.1) is 0 Å². The maximum Gasteiger partial charge on any atom is 0.303 e. The Morgan fingerprint density at radius 3 is 2.13 bits per heavy atom. The highest BCUT2D eigenvalue weighted by molar-refractivity contribution is 5.81. The fourth-order valence-corrected chi connectivity index (χ4v) is 1.93. The molecule has 0 rings (SSSR count). The number of hydrogen-bond donors (Lipinski definition) is 7. The van der Waals surface area contributed by atoms with E-state index < -0.39 is 42.9 Å². The normalized spacial score (nSPS) is 16.4. The van der Waals surface area contributed by atoms with Crippen molar-refractivity contribution in [2.24, 2.45) is 0 Å². The molecule has 0 aromatic carbocycles. The fourth-order valence-electron chi connectivity index (χ4n) is 1.93. The Morgan fingerprint density at radius 1 is 0.957 bits per heavy atom. The molecule has 0 aliphatic heterocycles. The number of aliphatic carboxylic acids is 1. The van der Waals surface area contributed by atoms with E-state index in [4.69, 9.17) is 15.3 Å². The summed E-state index contributed by atoms with van der Waals surface area (Å²) in [5, 5.41) is 57.4. The van der Waals surface area contributed by atoms with E-state index in [2.05, 4.69) is 5.32 Å². The van der Waals surface area contributed by atoms with Crippen molar-refractivity contribution in [1.29, 1.82) is 0 Å². The highest BCUT2D eigenvalue weighted by atomic mass is 16.4. The molecule has 0 aliphatic carbocycles. The van der Waals surface area contributed by atoms with Crippen LogP contribution in [0, 0.1) is 0 Å². The van der Waals surface area contributed by atoms with Crippen molar-refractivity contribution in [2.75, 3.05) is 13.2 Å². The van der Waals surface area contributed by atoms with Crippen molar-refractivity contribution < 1.29 is 40.2 Å². The third-order valence-electron chi connectivity index (χ3n) is 3.33. The van der Waals surface area contributed by atoms with E-state index in [1.54, 1.807) is 0 Å². The lowest BCUT2D eigenvalue weighted by atomic mass is 10.0. The van der Waals surface area contributed by atoms with Crippen molar-refractivity contribution in [3.8, 4) is 0 Å². The molecule has 136 valence electrons. The molecule has 0 saturated heterocycles. The number of aliphatic hydroxyl groups excluding tert-OH is 5. The molecule has 0 unspecified atom stereocenters. The topological polar surface area (TPSA) is 168 Å². The first-order chi connectivity index (χ1) is 10.8. The van der Waals surface area contributed by atoms with Crippen molar-refractivity contribution in [2.45, 2.75) is 62.9 Å². The lowest BCUT2D eigenvalue weighted by Crippen LogP contribution is -2.48.